The van der Waals surface area contributed by atoms with E-state index in [9.17, 15) is 4.79 Å². The summed E-state index contributed by atoms with van der Waals surface area (Å²) < 4.78 is 5.51. The van der Waals surface area contributed by atoms with E-state index in [1.54, 1.807) is 18.2 Å². The first kappa shape index (κ1) is 16.8. The van der Waals surface area contributed by atoms with Gasteiger partial charge in [0.2, 0.25) is 0 Å². The third-order valence-electron chi connectivity index (χ3n) is 3.73. The molecule has 0 atom stereocenters. The second kappa shape index (κ2) is 7.69. The fourth-order valence-electron chi connectivity index (χ4n) is 2.65. The van der Waals surface area contributed by atoms with Crippen LogP contribution in [0, 0.1) is 0 Å². The summed E-state index contributed by atoms with van der Waals surface area (Å²) in [6, 6.07) is 11.0. The van der Waals surface area contributed by atoms with Crippen LogP contribution in [0.5, 0.6) is 5.75 Å². The van der Waals surface area contributed by atoms with Gasteiger partial charge in [-0.2, -0.15) is 5.10 Å². The zero-order chi connectivity index (χ0) is 16.9. The highest BCUT2D eigenvalue weighted by Crippen LogP contribution is 2.25. The molecule has 1 aliphatic carbocycles. The Hall–Kier alpha value is -2.04. The second-order valence-electron chi connectivity index (χ2n) is 5.57. The molecule has 0 bridgehead atoms. The van der Waals surface area contributed by atoms with E-state index in [2.05, 4.69) is 16.6 Å². The number of fused-ring (bicyclic) bond motifs is 1. The number of ether oxygens (including phenoxy) is 1. The van der Waals surface area contributed by atoms with Gasteiger partial charge in [-0.15, -0.1) is 0 Å². The molecule has 0 saturated carbocycles. The highest BCUT2D eigenvalue weighted by Gasteiger charge is 2.11. The molecule has 0 aliphatic heterocycles. The van der Waals surface area contributed by atoms with Gasteiger partial charge in [-0.1, -0.05) is 29.3 Å². The van der Waals surface area contributed by atoms with Crippen molar-refractivity contribution in [2.24, 2.45) is 5.10 Å². The van der Waals surface area contributed by atoms with Crippen molar-refractivity contribution < 1.29 is 9.53 Å². The fourth-order valence-corrected chi connectivity index (χ4v) is 3.19. The van der Waals surface area contributed by atoms with Gasteiger partial charge in [0.1, 0.15) is 5.75 Å². The molecule has 0 heterocycles. The Bertz CT molecular complexity index is 770. The number of rotatable bonds is 5. The first-order valence-electron chi connectivity index (χ1n) is 7.63. The molecule has 24 heavy (non-hydrogen) atoms. The van der Waals surface area contributed by atoms with Crippen molar-refractivity contribution in [3.63, 3.8) is 0 Å². The molecule has 4 nitrogen and oxygen atoms in total. The number of carbonyl (C=O) groups excluding carboxylic acids is 1. The lowest BCUT2D eigenvalue weighted by Gasteiger charge is -2.07. The van der Waals surface area contributed by atoms with Gasteiger partial charge in [0.05, 0.1) is 6.21 Å². The van der Waals surface area contributed by atoms with Crippen LogP contribution < -0.4 is 10.2 Å². The molecule has 0 spiro atoms. The van der Waals surface area contributed by atoms with E-state index in [0.717, 1.165) is 12.8 Å². The number of benzene rings is 2. The second-order valence-corrected chi connectivity index (χ2v) is 6.44. The predicted molar refractivity (Wildman–Crippen MR) is 96.2 cm³/mol. The van der Waals surface area contributed by atoms with E-state index in [4.69, 9.17) is 27.9 Å². The van der Waals surface area contributed by atoms with Crippen LogP contribution in [-0.2, 0) is 17.6 Å². The Labute approximate surface area is 150 Å². The van der Waals surface area contributed by atoms with Crippen molar-refractivity contribution in [2.45, 2.75) is 19.3 Å². The third-order valence-corrected chi connectivity index (χ3v) is 4.16. The standard InChI is InChI=1S/C18H16Cl2N2O2/c19-15-6-12(7-16(20)9-15)10-21-22-18(23)11-24-17-5-4-13-2-1-3-14(13)8-17/h4-10H,1-3,11H2,(H,22,23)/b21-10+. The molecule has 1 amide bonds. The molecule has 3 rings (SSSR count). The molecule has 0 aromatic heterocycles. The first-order valence-corrected chi connectivity index (χ1v) is 8.38. The Balaban J connectivity index is 1.50. The minimum absolute atomic E-state index is 0.0908. The Morgan fingerprint density at radius 3 is 2.67 bits per heavy atom. The summed E-state index contributed by atoms with van der Waals surface area (Å²) >= 11 is 11.8. The maximum Gasteiger partial charge on any atom is 0.277 e. The van der Waals surface area contributed by atoms with Gasteiger partial charge in [0.15, 0.2) is 6.61 Å². The van der Waals surface area contributed by atoms with Gasteiger partial charge >= 0.3 is 0 Å². The van der Waals surface area contributed by atoms with Crippen molar-refractivity contribution in [3.05, 3.63) is 63.1 Å². The van der Waals surface area contributed by atoms with Gasteiger partial charge in [0, 0.05) is 10.0 Å². The number of aryl methyl sites for hydroxylation is 2. The lowest BCUT2D eigenvalue weighted by Crippen LogP contribution is -2.24. The highest BCUT2D eigenvalue weighted by atomic mass is 35.5. The number of hydrazone groups is 1. The van der Waals surface area contributed by atoms with Crippen molar-refractivity contribution in [1.29, 1.82) is 0 Å². The van der Waals surface area contributed by atoms with E-state index in [0.29, 0.717) is 21.4 Å². The molecule has 1 aliphatic rings. The number of hydrogen-bond acceptors (Lipinski definition) is 3. The molecule has 0 unspecified atom stereocenters. The largest absolute Gasteiger partial charge is 0.484 e. The monoisotopic (exact) mass is 362 g/mol. The summed E-state index contributed by atoms with van der Waals surface area (Å²) in [7, 11) is 0. The minimum atomic E-state index is -0.333. The van der Waals surface area contributed by atoms with Crippen molar-refractivity contribution in [3.8, 4) is 5.75 Å². The average molecular weight is 363 g/mol. The van der Waals surface area contributed by atoms with Crippen LogP contribution in [0.2, 0.25) is 10.0 Å². The molecule has 0 radical (unpaired) electrons. The van der Waals surface area contributed by atoms with E-state index in [-0.39, 0.29) is 12.5 Å². The summed E-state index contributed by atoms with van der Waals surface area (Å²) in [5.74, 6) is 0.372. The van der Waals surface area contributed by atoms with E-state index >= 15 is 0 Å². The average Bonchev–Trinajstić information content (AvgIpc) is 2.99. The van der Waals surface area contributed by atoms with Crippen LogP contribution in [0.4, 0.5) is 0 Å². The summed E-state index contributed by atoms with van der Waals surface area (Å²) in [4.78, 5) is 11.8. The molecule has 0 saturated heterocycles. The van der Waals surface area contributed by atoms with Gasteiger partial charge in [-0.3, -0.25) is 4.79 Å². The summed E-state index contributed by atoms with van der Waals surface area (Å²) in [5.41, 5.74) is 5.79. The summed E-state index contributed by atoms with van der Waals surface area (Å²) in [6.45, 7) is -0.0908. The minimum Gasteiger partial charge on any atom is -0.484 e. The number of nitrogens with one attached hydrogen (secondary N) is 1. The molecule has 124 valence electrons. The fraction of sp³-hybridized carbons (Fsp3) is 0.222. The molecule has 6 heteroatoms. The molecular formula is C18H16Cl2N2O2. The van der Waals surface area contributed by atoms with Gasteiger partial charge in [-0.05, 0) is 66.3 Å². The third kappa shape index (κ3) is 4.49. The molecule has 2 aromatic carbocycles. The van der Waals surface area contributed by atoms with E-state index in [1.807, 2.05) is 12.1 Å². The Morgan fingerprint density at radius 2 is 1.88 bits per heavy atom. The topological polar surface area (TPSA) is 50.7 Å². The van der Waals surface area contributed by atoms with Crippen LogP contribution in [0.25, 0.3) is 0 Å². The van der Waals surface area contributed by atoms with Gasteiger partial charge in [-0.25, -0.2) is 5.43 Å². The summed E-state index contributed by atoms with van der Waals surface area (Å²) in [6.07, 6.45) is 4.86. The first-order chi connectivity index (χ1) is 11.6. The molecule has 1 N–H and O–H groups in total. The summed E-state index contributed by atoms with van der Waals surface area (Å²) in [5, 5.41) is 4.89. The van der Waals surface area contributed by atoms with Crippen molar-refractivity contribution >= 4 is 35.3 Å². The Kier molecular flexibility index (Phi) is 5.38. The smallest absolute Gasteiger partial charge is 0.277 e. The number of amides is 1. The van der Waals surface area contributed by atoms with Crippen LogP contribution in [0.3, 0.4) is 0 Å². The van der Waals surface area contributed by atoms with Gasteiger partial charge < -0.3 is 4.74 Å². The maximum absolute atomic E-state index is 11.8. The SMILES string of the molecule is O=C(COc1ccc2c(c1)CCC2)N/N=C/c1cc(Cl)cc(Cl)c1. The molecule has 0 fully saturated rings. The van der Waals surface area contributed by atoms with E-state index < -0.39 is 0 Å². The van der Waals surface area contributed by atoms with Crippen molar-refractivity contribution in [2.75, 3.05) is 6.61 Å². The van der Waals surface area contributed by atoms with Crippen LogP contribution in [0.1, 0.15) is 23.1 Å². The molecular weight excluding hydrogens is 347 g/mol. The zero-order valence-electron chi connectivity index (χ0n) is 12.9. The van der Waals surface area contributed by atoms with Crippen LogP contribution in [-0.4, -0.2) is 18.7 Å². The van der Waals surface area contributed by atoms with Crippen molar-refractivity contribution in [1.82, 2.24) is 5.43 Å². The Morgan fingerprint density at radius 1 is 1.12 bits per heavy atom. The van der Waals surface area contributed by atoms with Crippen LogP contribution in [0.15, 0.2) is 41.5 Å². The lowest BCUT2D eigenvalue weighted by atomic mass is 10.1. The number of halogens is 2. The predicted octanol–water partition coefficient (Wildman–Crippen LogP) is 4.01. The zero-order valence-corrected chi connectivity index (χ0v) is 14.4. The molecule has 2 aromatic rings. The number of nitrogens with zero attached hydrogens (tertiary/aromatic N) is 1. The highest BCUT2D eigenvalue weighted by molar-refractivity contribution is 6.35. The van der Waals surface area contributed by atoms with Crippen LogP contribution >= 0.6 is 23.2 Å². The maximum atomic E-state index is 11.8. The normalized spacial score (nSPS) is 13.1. The number of hydrogen-bond donors (Lipinski definition) is 1. The van der Waals surface area contributed by atoms with E-state index in [1.165, 1.54) is 23.8 Å². The quantitative estimate of drug-likeness (QED) is 0.645. The number of carbonyl (C=O) groups is 1. The lowest BCUT2D eigenvalue weighted by molar-refractivity contribution is -0.123. The van der Waals surface area contributed by atoms with Gasteiger partial charge in [0.25, 0.3) is 5.91 Å².